The van der Waals surface area contributed by atoms with E-state index in [2.05, 4.69) is 15.3 Å². The number of carbonyl (C=O) groups is 1. The van der Waals surface area contributed by atoms with Gasteiger partial charge in [-0.25, -0.2) is 9.97 Å². The second kappa shape index (κ2) is 6.46. The molecule has 0 saturated carbocycles. The Morgan fingerprint density at radius 2 is 1.65 bits per heavy atom. The van der Waals surface area contributed by atoms with Crippen LogP contribution in [0.1, 0.15) is 21.7 Å². The molecule has 6 nitrogen and oxygen atoms in total. The van der Waals surface area contributed by atoms with Gasteiger partial charge in [-0.1, -0.05) is 11.6 Å². The van der Waals surface area contributed by atoms with Crippen LogP contribution in [0, 0.1) is 13.8 Å². The first kappa shape index (κ1) is 16.6. The van der Waals surface area contributed by atoms with Gasteiger partial charge in [0.2, 0.25) is 0 Å². The van der Waals surface area contributed by atoms with E-state index in [0.29, 0.717) is 46.5 Å². The van der Waals surface area contributed by atoms with Gasteiger partial charge in [0.15, 0.2) is 11.5 Å². The van der Waals surface area contributed by atoms with E-state index in [1.165, 1.54) is 0 Å². The lowest BCUT2D eigenvalue weighted by Gasteiger charge is -2.20. The summed E-state index contributed by atoms with van der Waals surface area (Å²) in [4.78, 5) is 21.6. The van der Waals surface area contributed by atoms with Crippen LogP contribution in [-0.2, 0) is 0 Å². The van der Waals surface area contributed by atoms with E-state index in [9.17, 15) is 4.79 Å². The molecule has 0 bridgehead atoms. The molecule has 1 aliphatic rings. The van der Waals surface area contributed by atoms with Gasteiger partial charge < -0.3 is 14.8 Å². The molecule has 2 aromatic carbocycles. The molecule has 132 valence electrons. The van der Waals surface area contributed by atoms with Crippen molar-refractivity contribution in [2.75, 3.05) is 18.5 Å². The van der Waals surface area contributed by atoms with Crippen LogP contribution in [0.5, 0.6) is 11.5 Å². The number of ether oxygens (including phenoxy) is 2. The number of carbonyl (C=O) groups excluding carboxylic acids is 1. The number of aromatic nitrogens is 2. The third-order valence-corrected chi connectivity index (χ3v) is 4.53. The van der Waals surface area contributed by atoms with Crippen molar-refractivity contribution in [3.8, 4) is 11.5 Å². The highest BCUT2D eigenvalue weighted by Crippen LogP contribution is 2.38. The Morgan fingerprint density at radius 1 is 1.00 bits per heavy atom. The van der Waals surface area contributed by atoms with Gasteiger partial charge in [-0.2, -0.15) is 0 Å². The predicted molar refractivity (Wildman–Crippen MR) is 99.4 cm³/mol. The van der Waals surface area contributed by atoms with E-state index in [4.69, 9.17) is 21.1 Å². The van der Waals surface area contributed by atoms with E-state index in [1.807, 2.05) is 13.8 Å². The van der Waals surface area contributed by atoms with Crippen LogP contribution in [-0.4, -0.2) is 29.1 Å². The summed E-state index contributed by atoms with van der Waals surface area (Å²) < 4.78 is 11.0. The topological polar surface area (TPSA) is 73.3 Å². The third kappa shape index (κ3) is 3.04. The van der Waals surface area contributed by atoms with Gasteiger partial charge in [-0.05, 0) is 32.0 Å². The molecule has 7 heteroatoms. The lowest BCUT2D eigenvalue weighted by Crippen LogP contribution is -2.17. The second-order valence-electron chi connectivity index (χ2n) is 6.03. The number of nitrogens with zero attached hydrogens (tertiary/aromatic N) is 2. The van der Waals surface area contributed by atoms with Crippen molar-refractivity contribution < 1.29 is 14.3 Å². The summed E-state index contributed by atoms with van der Waals surface area (Å²) in [6.45, 7) is 4.74. The normalized spacial score (nSPS) is 12.9. The molecule has 1 aromatic heterocycles. The molecule has 26 heavy (non-hydrogen) atoms. The Balaban J connectivity index is 1.64. The maximum Gasteiger partial charge on any atom is 0.255 e. The molecule has 0 radical (unpaired) electrons. The molecule has 1 N–H and O–H groups in total. The average molecular weight is 370 g/mol. The van der Waals surface area contributed by atoms with Crippen molar-refractivity contribution in [1.29, 1.82) is 0 Å². The Morgan fingerprint density at radius 3 is 2.38 bits per heavy atom. The highest BCUT2D eigenvalue weighted by Gasteiger charge is 2.17. The summed E-state index contributed by atoms with van der Waals surface area (Å²) in [6, 6.07) is 8.53. The predicted octanol–water partition coefficient (Wildman–Crippen LogP) is 3.92. The lowest BCUT2D eigenvalue weighted by molar-refractivity contribution is 0.102. The van der Waals surface area contributed by atoms with Crippen LogP contribution < -0.4 is 14.8 Å². The van der Waals surface area contributed by atoms with Crippen molar-refractivity contribution in [1.82, 2.24) is 9.97 Å². The first-order valence-corrected chi connectivity index (χ1v) is 8.54. The number of hydrogen-bond donors (Lipinski definition) is 1. The number of amides is 1. The van der Waals surface area contributed by atoms with Crippen molar-refractivity contribution in [3.63, 3.8) is 0 Å². The van der Waals surface area contributed by atoms with Crippen LogP contribution in [0.25, 0.3) is 11.0 Å². The molecule has 0 atom stereocenters. The number of fused-ring (bicyclic) bond motifs is 2. The highest BCUT2D eigenvalue weighted by atomic mass is 35.5. The summed E-state index contributed by atoms with van der Waals surface area (Å²) in [5.41, 5.74) is 4.08. The van der Waals surface area contributed by atoms with Gasteiger partial charge in [0.1, 0.15) is 13.2 Å². The van der Waals surface area contributed by atoms with Crippen LogP contribution in [0.4, 0.5) is 5.69 Å². The van der Waals surface area contributed by atoms with Crippen LogP contribution in [0.15, 0.2) is 30.3 Å². The summed E-state index contributed by atoms with van der Waals surface area (Å²) in [7, 11) is 0. The second-order valence-corrected chi connectivity index (χ2v) is 6.43. The fraction of sp³-hybridized carbons (Fsp3) is 0.211. The van der Waals surface area contributed by atoms with Gasteiger partial charge in [0.25, 0.3) is 5.91 Å². The van der Waals surface area contributed by atoms with Crippen molar-refractivity contribution in [2.24, 2.45) is 0 Å². The molecule has 0 fully saturated rings. The zero-order chi connectivity index (χ0) is 18.3. The van der Waals surface area contributed by atoms with Crippen LogP contribution in [0.2, 0.25) is 5.02 Å². The molecule has 2 heterocycles. The number of aryl methyl sites for hydroxylation is 2. The molecule has 1 amide bonds. The van der Waals surface area contributed by atoms with Gasteiger partial charge in [0.05, 0.1) is 33.1 Å². The van der Waals surface area contributed by atoms with Crippen LogP contribution >= 0.6 is 11.6 Å². The molecule has 0 spiro atoms. The minimum absolute atomic E-state index is 0.287. The Labute approximate surface area is 155 Å². The smallest absolute Gasteiger partial charge is 0.255 e. The fourth-order valence-corrected chi connectivity index (χ4v) is 2.93. The Hall–Kier alpha value is -2.86. The first-order chi connectivity index (χ1) is 12.5. The first-order valence-electron chi connectivity index (χ1n) is 8.17. The summed E-state index contributed by atoms with van der Waals surface area (Å²) >= 11 is 6.25. The van der Waals surface area contributed by atoms with E-state index in [0.717, 1.165) is 16.9 Å². The zero-order valence-corrected chi connectivity index (χ0v) is 15.1. The Kier molecular flexibility index (Phi) is 4.12. The molecule has 4 rings (SSSR count). The van der Waals surface area contributed by atoms with Crippen molar-refractivity contribution >= 4 is 34.2 Å². The van der Waals surface area contributed by atoms with E-state index in [1.54, 1.807) is 30.3 Å². The molecule has 0 unspecified atom stereocenters. The molecular formula is C19H16ClN3O3. The minimum Gasteiger partial charge on any atom is -0.486 e. The number of rotatable bonds is 2. The highest BCUT2D eigenvalue weighted by molar-refractivity contribution is 6.34. The lowest BCUT2D eigenvalue weighted by atomic mass is 10.1. The largest absolute Gasteiger partial charge is 0.486 e. The third-order valence-electron chi connectivity index (χ3n) is 4.22. The molecule has 3 aromatic rings. The van der Waals surface area contributed by atoms with Crippen LogP contribution in [0.3, 0.4) is 0 Å². The molecule has 0 aliphatic carbocycles. The summed E-state index contributed by atoms with van der Waals surface area (Å²) in [5, 5.41) is 3.20. The van der Waals surface area contributed by atoms with E-state index < -0.39 is 0 Å². The molecular weight excluding hydrogens is 354 g/mol. The average Bonchev–Trinajstić information content (AvgIpc) is 2.63. The SMILES string of the molecule is Cc1nc2ccc(C(=O)Nc3cc4c(cc3Cl)OCCO4)cc2nc1C. The number of nitrogens with one attached hydrogen (secondary N) is 1. The van der Waals surface area contributed by atoms with E-state index in [-0.39, 0.29) is 5.91 Å². The number of benzene rings is 2. The van der Waals surface area contributed by atoms with Gasteiger partial charge >= 0.3 is 0 Å². The number of halogens is 1. The number of hydrogen-bond acceptors (Lipinski definition) is 5. The maximum atomic E-state index is 12.6. The van der Waals surface area contributed by atoms with E-state index >= 15 is 0 Å². The fourth-order valence-electron chi connectivity index (χ4n) is 2.73. The monoisotopic (exact) mass is 369 g/mol. The van der Waals surface area contributed by atoms with Crippen molar-refractivity contribution in [3.05, 3.63) is 52.3 Å². The Bertz CT molecular complexity index is 1040. The standard InChI is InChI=1S/C19H16ClN3O3/c1-10-11(2)22-16-7-12(3-4-14(16)21-10)19(24)23-15-9-18-17(8-13(15)20)25-5-6-26-18/h3-4,7-9H,5-6H2,1-2H3,(H,23,24). The van der Waals surface area contributed by atoms with Gasteiger partial charge in [0, 0.05) is 17.7 Å². The molecule has 0 saturated heterocycles. The number of anilines is 1. The van der Waals surface area contributed by atoms with Crippen molar-refractivity contribution in [2.45, 2.75) is 13.8 Å². The van der Waals surface area contributed by atoms with Gasteiger partial charge in [-0.15, -0.1) is 0 Å². The molecule has 1 aliphatic heterocycles. The minimum atomic E-state index is -0.287. The van der Waals surface area contributed by atoms with Gasteiger partial charge in [-0.3, -0.25) is 4.79 Å². The quantitative estimate of drug-likeness (QED) is 0.741. The maximum absolute atomic E-state index is 12.6. The zero-order valence-electron chi connectivity index (χ0n) is 14.3. The summed E-state index contributed by atoms with van der Waals surface area (Å²) in [5.74, 6) is 0.850. The summed E-state index contributed by atoms with van der Waals surface area (Å²) in [6.07, 6.45) is 0.